The first-order valence-electron chi connectivity index (χ1n) is 6.35. The monoisotopic (exact) mass is 278 g/mol. The van der Waals surface area contributed by atoms with Gasteiger partial charge in [-0.3, -0.25) is 4.90 Å². The molecule has 1 heterocycles. The molecular weight excluding hydrogens is 256 g/mol. The number of hydrogen-bond acceptors (Lipinski definition) is 5. The van der Waals surface area contributed by atoms with Crippen LogP contribution in [-0.2, 0) is 9.84 Å². The molecule has 1 saturated heterocycles. The van der Waals surface area contributed by atoms with Crippen molar-refractivity contribution < 1.29 is 8.42 Å². The second-order valence-electron chi connectivity index (χ2n) is 4.86. The zero-order chi connectivity index (χ0) is 12.5. The molecule has 0 aromatic heterocycles. The Morgan fingerprint density at radius 3 is 2.71 bits per heavy atom. The third-order valence-corrected chi connectivity index (χ3v) is 7.35. The van der Waals surface area contributed by atoms with E-state index in [9.17, 15) is 8.42 Å². The van der Waals surface area contributed by atoms with E-state index in [0.717, 1.165) is 30.9 Å². The van der Waals surface area contributed by atoms with Crippen molar-refractivity contribution in [3.63, 3.8) is 0 Å². The van der Waals surface area contributed by atoms with Crippen molar-refractivity contribution in [1.82, 2.24) is 4.90 Å². The molecular formula is C11H22N2O2S2. The third kappa shape index (κ3) is 2.64. The first-order chi connectivity index (χ1) is 8.10. The maximum Gasteiger partial charge on any atom is 0.166 e. The Hall–Kier alpha value is 0.220. The molecule has 0 bridgehead atoms. The minimum atomic E-state index is -2.96. The van der Waals surface area contributed by atoms with Gasteiger partial charge in [0.1, 0.15) is 5.37 Å². The summed E-state index contributed by atoms with van der Waals surface area (Å²) in [6, 6.07) is 0.409. The number of hydrogen-bond donors (Lipinski definition) is 1. The summed E-state index contributed by atoms with van der Waals surface area (Å²) in [5, 5.41) is -0.273. The summed E-state index contributed by atoms with van der Waals surface area (Å²) < 4.78 is 24.2. The highest BCUT2D eigenvalue weighted by molar-refractivity contribution is 8.01. The summed E-state index contributed by atoms with van der Waals surface area (Å²) in [5.41, 5.74) is 5.74. The number of sulfone groups is 1. The van der Waals surface area contributed by atoms with Gasteiger partial charge in [0.2, 0.25) is 0 Å². The van der Waals surface area contributed by atoms with Crippen molar-refractivity contribution in [1.29, 1.82) is 0 Å². The second kappa shape index (κ2) is 5.47. The standard InChI is InChI=1S/C11H22N2O2S2/c1-2-17(14,15)11-8-16-6-5-13(11)10-4-3-9(10)7-12/h9-11H,2-8,12H2,1H3. The van der Waals surface area contributed by atoms with Gasteiger partial charge >= 0.3 is 0 Å². The van der Waals surface area contributed by atoms with Crippen molar-refractivity contribution in [2.45, 2.75) is 31.2 Å². The number of nitrogens with two attached hydrogens (primary N) is 1. The summed E-state index contributed by atoms with van der Waals surface area (Å²) in [4.78, 5) is 2.22. The fraction of sp³-hybridized carbons (Fsp3) is 1.00. The van der Waals surface area contributed by atoms with Gasteiger partial charge < -0.3 is 5.73 Å². The van der Waals surface area contributed by atoms with E-state index in [1.165, 1.54) is 0 Å². The van der Waals surface area contributed by atoms with E-state index in [4.69, 9.17) is 5.73 Å². The van der Waals surface area contributed by atoms with E-state index in [1.807, 2.05) is 0 Å². The fourth-order valence-corrected chi connectivity index (χ4v) is 5.82. The summed E-state index contributed by atoms with van der Waals surface area (Å²) in [6.45, 7) is 3.33. The Morgan fingerprint density at radius 1 is 1.41 bits per heavy atom. The summed E-state index contributed by atoms with van der Waals surface area (Å²) in [7, 11) is -2.96. The Kier molecular flexibility index (Phi) is 4.39. The molecule has 6 heteroatoms. The fourth-order valence-electron chi connectivity index (χ4n) is 2.74. The maximum absolute atomic E-state index is 12.1. The maximum atomic E-state index is 12.1. The molecule has 0 radical (unpaired) electrons. The van der Waals surface area contributed by atoms with Crippen molar-refractivity contribution in [2.75, 3.05) is 30.3 Å². The lowest BCUT2D eigenvalue weighted by atomic mass is 9.78. The van der Waals surface area contributed by atoms with Gasteiger partial charge in [0.05, 0.1) is 0 Å². The Morgan fingerprint density at radius 2 is 2.18 bits per heavy atom. The summed E-state index contributed by atoms with van der Waals surface area (Å²) in [5.74, 6) is 2.52. The molecule has 100 valence electrons. The quantitative estimate of drug-likeness (QED) is 0.813. The van der Waals surface area contributed by atoms with Gasteiger partial charge in [-0.1, -0.05) is 6.92 Å². The minimum Gasteiger partial charge on any atom is -0.330 e. The molecule has 3 unspecified atom stereocenters. The number of nitrogens with zero attached hydrogens (tertiary/aromatic N) is 1. The van der Waals surface area contributed by atoms with Crippen LogP contribution >= 0.6 is 11.8 Å². The van der Waals surface area contributed by atoms with Gasteiger partial charge in [0.15, 0.2) is 9.84 Å². The van der Waals surface area contributed by atoms with Gasteiger partial charge in [0, 0.05) is 29.8 Å². The molecule has 17 heavy (non-hydrogen) atoms. The average Bonchev–Trinajstić information content (AvgIpc) is 2.29. The van der Waals surface area contributed by atoms with Gasteiger partial charge in [-0.05, 0) is 25.3 Å². The largest absolute Gasteiger partial charge is 0.330 e. The molecule has 0 spiro atoms. The van der Waals surface area contributed by atoms with Crippen molar-refractivity contribution in [3.8, 4) is 0 Å². The molecule has 2 aliphatic rings. The normalized spacial score (nSPS) is 35.5. The van der Waals surface area contributed by atoms with Gasteiger partial charge in [-0.25, -0.2) is 8.42 Å². The highest BCUT2D eigenvalue weighted by Gasteiger charge is 2.42. The molecule has 2 N–H and O–H groups in total. The van der Waals surface area contributed by atoms with Crippen molar-refractivity contribution in [2.24, 2.45) is 11.7 Å². The molecule has 1 aliphatic heterocycles. The predicted molar refractivity (Wildman–Crippen MR) is 72.8 cm³/mol. The topological polar surface area (TPSA) is 63.4 Å². The molecule has 0 amide bonds. The van der Waals surface area contributed by atoms with Crippen LogP contribution in [0.5, 0.6) is 0 Å². The Bertz CT molecular complexity index is 356. The Labute approximate surface area is 108 Å². The molecule has 2 rings (SSSR count). The predicted octanol–water partition coefficient (Wildman–Crippen LogP) is 0.533. The highest BCUT2D eigenvalue weighted by Crippen LogP contribution is 2.36. The molecule has 3 atom stereocenters. The molecule has 0 aromatic carbocycles. The third-order valence-electron chi connectivity index (χ3n) is 4.05. The first-order valence-corrected chi connectivity index (χ1v) is 9.22. The van der Waals surface area contributed by atoms with E-state index in [0.29, 0.717) is 18.5 Å². The minimum absolute atomic E-state index is 0.245. The van der Waals surface area contributed by atoms with Crippen LogP contribution in [-0.4, -0.2) is 55.1 Å². The van der Waals surface area contributed by atoms with Crippen LogP contribution in [0, 0.1) is 5.92 Å². The zero-order valence-electron chi connectivity index (χ0n) is 10.3. The second-order valence-corrected chi connectivity index (χ2v) is 8.46. The number of thioether (sulfide) groups is 1. The molecule has 2 fully saturated rings. The van der Waals surface area contributed by atoms with Crippen LogP contribution in [0.15, 0.2) is 0 Å². The van der Waals surface area contributed by atoms with Crippen LogP contribution in [0.4, 0.5) is 0 Å². The lowest BCUT2D eigenvalue weighted by Crippen LogP contribution is -2.58. The lowest BCUT2D eigenvalue weighted by Gasteiger charge is -2.48. The molecule has 1 aliphatic carbocycles. The summed E-state index contributed by atoms with van der Waals surface area (Å²) in [6.07, 6.45) is 2.27. The summed E-state index contributed by atoms with van der Waals surface area (Å²) >= 11 is 1.76. The van der Waals surface area contributed by atoms with Gasteiger partial charge in [-0.15, -0.1) is 0 Å². The van der Waals surface area contributed by atoms with Crippen LogP contribution < -0.4 is 5.73 Å². The van der Waals surface area contributed by atoms with Gasteiger partial charge in [0.25, 0.3) is 0 Å². The number of rotatable bonds is 4. The smallest absolute Gasteiger partial charge is 0.166 e. The molecule has 1 saturated carbocycles. The van der Waals surface area contributed by atoms with E-state index in [1.54, 1.807) is 18.7 Å². The highest BCUT2D eigenvalue weighted by atomic mass is 32.2. The van der Waals surface area contributed by atoms with E-state index < -0.39 is 9.84 Å². The SMILES string of the molecule is CCS(=O)(=O)C1CSCCN1C1CCC1CN. The van der Waals surface area contributed by atoms with E-state index in [-0.39, 0.29) is 11.1 Å². The average molecular weight is 278 g/mol. The van der Waals surface area contributed by atoms with E-state index >= 15 is 0 Å². The van der Waals surface area contributed by atoms with Crippen molar-refractivity contribution in [3.05, 3.63) is 0 Å². The molecule has 4 nitrogen and oxygen atoms in total. The van der Waals surface area contributed by atoms with Crippen LogP contribution in [0.2, 0.25) is 0 Å². The Balaban J connectivity index is 2.13. The van der Waals surface area contributed by atoms with Gasteiger partial charge in [-0.2, -0.15) is 11.8 Å². The zero-order valence-corrected chi connectivity index (χ0v) is 12.0. The molecule has 0 aromatic rings. The van der Waals surface area contributed by atoms with Crippen LogP contribution in [0.1, 0.15) is 19.8 Å². The van der Waals surface area contributed by atoms with Crippen LogP contribution in [0.25, 0.3) is 0 Å². The lowest BCUT2D eigenvalue weighted by molar-refractivity contribution is 0.0633. The van der Waals surface area contributed by atoms with E-state index in [2.05, 4.69) is 4.90 Å². The first kappa shape index (κ1) is 13.6. The van der Waals surface area contributed by atoms with Crippen LogP contribution in [0.3, 0.4) is 0 Å². The van der Waals surface area contributed by atoms with Crippen molar-refractivity contribution >= 4 is 21.6 Å².